The van der Waals surface area contributed by atoms with Crippen LogP contribution in [-0.4, -0.2) is 0 Å². The second-order valence-electron chi connectivity index (χ2n) is 3.71. The van der Waals surface area contributed by atoms with Crippen molar-refractivity contribution in [2.24, 2.45) is 0 Å². The van der Waals surface area contributed by atoms with Crippen LogP contribution in [0.4, 0.5) is 17.6 Å². The molecule has 0 bridgehead atoms. The summed E-state index contributed by atoms with van der Waals surface area (Å²) in [6.45, 7) is 1.81. The van der Waals surface area contributed by atoms with Crippen molar-refractivity contribution in [2.45, 2.75) is 6.92 Å². The topological polar surface area (TPSA) is 9.23 Å². The quantitative estimate of drug-likeness (QED) is 0.573. The Balaban J connectivity index is 2.42. The molecule has 0 aliphatic carbocycles. The Morgan fingerprint density at radius 1 is 0.833 bits per heavy atom. The Bertz CT molecular complexity index is 552. The Kier molecular flexibility index (Phi) is 3.23. The minimum atomic E-state index is -1.56. The van der Waals surface area contributed by atoms with Crippen LogP contribution in [0.15, 0.2) is 30.3 Å². The highest BCUT2D eigenvalue weighted by molar-refractivity contribution is 5.35. The monoisotopic (exact) mass is 256 g/mol. The van der Waals surface area contributed by atoms with E-state index in [2.05, 4.69) is 0 Å². The Hall–Kier alpha value is -2.04. The van der Waals surface area contributed by atoms with E-state index in [0.29, 0.717) is 0 Å². The van der Waals surface area contributed by atoms with E-state index in [1.807, 2.05) is 6.92 Å². The first kappa shape index (κ1) is 12.4. The maximum atomic E-state index is 13.3. The zero-order chi connectivity index (χ0) is 13.3. The van der Waals surface area contributed by atoms with Crippen LogP contribution in [0.25, 0.3) is 0 Å². The maximum absolute atomic E-state index is 13.3. The molecule has 0 atom stereocenters. The Labute approximate surface area is 101 Å². The van der Waals surface area contributed by atoms with Gasteiger partial charge in [-0.15, -0.1) is 0 Å². The van der Waals surface area contributed by atoms with Crippen molar-refractivity contribution in [1.29, 1.82) is 0 Å². The third-order valence-electron chi connectivity index (χ3n) is 2.31. The van der Waals surface area contributed by atoms with Crippen LogP contribution >= 0.6 is 0 Å². The molecule has 0 aliphatic heterocycles. The molecule has 1 nitrogen and oxygen atoms in total. The molecule has 2 aromatic rings. The molecule has 0 aromatic heterocycles. The van der Waals surface area contributed by atoms with Crippen molar-refractivity contribution in [3.05, 3.63) is 59.2 Å². The molecule has 5 heteroatoms. The van der Waals surface area contributed by atoms with Crippen molar-refractivity contribution < 1.29 is 22.3 Å². The van der Waals surface area contributed by atoms with Crippen molar-refractivity contribution in [3.8, 4) is 11.5 Å². The van der Waals surface area contributed by atoms with Gasteiger partial charge in [-0.2, -0.15) is 8.78 Å². The molecule has 0 amide bonds. The molecule has 2 aromatic carbocycles. The van der Waals surface area contributed by atoms with Crippen molar-refractivity contribution in [3.63, 3.8) is 0 Å². The zero-order valence-electron chi connectivity index (χ0n) is 9.31. The second kappa shape index (κ2) is 4.68. The third-order valence-corrected chi connectivity index (χ3v) is 2.31. The maximum Gasteiger partial charge on any atom is 0.204 e. The summed E-state index contributed by atoms with van der Waals surface area (Å²) in [6.07, 6.45) is 0. The highest BCUT2D eigenvalue weighted by atomic mass is 19.2. The summed E-state index contributed by atoms with van der Waals surface area (Å²) in [5.41, 5.74) is 0.911. The molecular formula is C13H8F4O. The summed E-state index contributed by atoms with van der Waals surface area (Å²) < 4.78 is 57.3. The van der Waals surface area contributed by atoms with Crippen molar-refractivity contribution in [2.75, 3.05) is 0 Å². The SMILES string of the molecule is Cc1ccc(Oc2c(F)c(F)cc(F)c2F)cc1. The molecule has 0 saturated carbocycles. The number of rotatable bonds is 2. The normalized spacial score (nSPS) is 10.5. The average molecular weight is 256 g/mol. The van der Waals surface area contributed by atoms with Gasteiger partial charge >= 0.3 is 0 Å². The van der Waals surface area contributed by atoms with E-state index >= 15 is 0 Å². The fourth-order valence-electron chi connectivity index (χ4n) is 1.37. The summed E-state index contributed by atoms with van der Waals surface area (Å²) in [5.74, 6) is -7.13. The number of aryl methyl sites for hydroxylation is 1. The largest absolute Gasteiger partial charge is 0.451 e. The molecule has 0 unspecified atom stereocenters. The second-order valence-corrected chi connectivity index (χ2v) is 3.71. The van der Waals surface area contributed by atoms with E-state index in [9.17, 15) is 17.6 Å². The number of ether oxygens (including phenoxy) is 1. The minimum Gasteiger partial charge on any atom is -0.451 e. The number of halogens is 4. The van der Waals surface area contributed by atoms with Gasteiger partial charge in [-0.25, -0.2) is 8.78 Å². The Morgan fingerprint density at radius 2 is 1.33 bits per heavy atom. The van der Waals surface area contributed by atoms with E-state index in [0.717, 1.165) is 5.56 Å². The summed E-state index contributed by atoms with van der Waals surface area (Å²) in [4.78, 5) is 0. The van der Waals surface area contributed by atoms with Crippen LogP contribution in [0.3, 0.4) is 0 Å². The predicted molar refractivity (Wildman–Crippen MR) is 57.5 cm³/mol. The zero-order valence-corrected chi connectivity index (χ0v) is 9.31. The van der Waals surface area contributed by atoms with Gasteiger partial charge in [0.25, 0.3) is 0 Å². The van der Waals surface area contributed by atoms with Crippen LogP contribution in [0.1, 0.15) is 5.56 Å². The van der Waals surface area contributed by atoms with Gasteiger partial charge in [0.15, 0.2) is 11.6 Å². The van der Waals surface area contributed by atoms with Gasteiger partial charge in [-0.05, 0) is 19.1 Å². The minimum absolute atomic E-state index is 0.0865. The summed E-state index contributed by atoms with van der Waals surface area (Å²) in [5, 5.41) is 0. The average Bonchev–Trinajstić information content (AvgIpc) is 2.34. The van der Waals surface area contributed by atoms with Crippen LogP contribution in [0.5, 0.6) is 11.5 Å². The molecular weight excluding hydrogens is 248 g/mol. The highest BCUT2D eigenvalue weighted by Crippen LogP contribution is 2.30. The van der Waals surface area contributed by atoms with Crippen LogP contribution < -0.4 is 4.74 Å². The van der Waals surface area contributed by atoms with Crippen LogP contribution in [0.2, 0.25) is 0 Å². The molecule has 0 radical (unpaired) electrons. The third kappa shape index (κ3) is 2.30. The lowest BCUT2D eigenvalue weighted by Crippen LogP contribution is -1.99. The van der Waals surface area contributed by atoms with E-state index in [-0.39, 0.29) is 11.8 Å². The fraction of sp³-hybridized carbons (Fsp3) is 0.0769. The molecule has 18 heavy (non-hydrogen) atoms. The fourth-order valence-corrected chi connectivity index (χ4v) is 1.37. The van der Waals surface area contributed by atoms with Gasteiger partial charge < -0.3 is 4.74 Å². The molecule has 0 heterocycles. The number of benzene rings is 2. The van der Waals surface area contributed by atoms with Crippen LogP contribution in [-0.2, 0) is 0 Å². The van der Waals surface area contributed by atoms with Gasteiger partial charge in [0.05, 0.1) is 0 Å². The van der Waals surface area contributed by atoms with Gasteiger partial charge in [0, 0.05) is 6.07 Å². The number of hydrogen-bond acceptors (Lipinski definition) is 1. The molecule has 0 aliphatic rings. The van der Waals surface area contributed by atoms with E-state index in [1.54, 1.807) is 12.1 Å². The lowest BCUT2D eigenvalue weighted by atomic mass is 10.2. The first-order valence-electron chi connectivity index (χ1n) is 5.06. The van der Waals surface area contributed by atoms with Gasteiger partial charge in [0.2, 0.25) is 17.4 Å². The summed E-state index contributed by atoms with van der Waals surface area (Å²) >= 11 is 0. The molecule has 94 valence electrons. The van der Waals surface area contributed by atoms with E-state index in [4.69, 9.17) is 4.74 Å². The first-order chi connectivity index (χ1) is 8.49. The number of hydrogen-bond donors (Lipinski definition) is 0. The van der Waals surface area contributed by atoms with E-state index in [1.165, 1.54) is 12.1 Å². The predicted octanol–water partition coefficient (Wildman–Crippen LogP) is 4.34. The van der Waals surface area contributed by atoms with Crippen molar-refractivity contribution in [1.82, 2.24) is 0 Å². The lowest BCUT2D eigenvalue weighted by molar-refractivity contribution is 0.366. The van der Waals surface area contributed by atoms with Gasteiger partial charge in [-0.3, -0.25) is 0 Å². The smallest absolute Gasteiger partial charge is 0.204 e. The first-order valence-corrected chi connectivity index (χ1v) is 5.06. The van der Waals surface area contributed by atoms with E-state index < -0.39 is 29.0 Å². The molecule has 0 fully saturated rings. The van der Waals surface area contributed by atoms with Gasteiger partial charge in [0.1, 0.15) is 5.75 Å². The molecule has 2 rings (SSSR count). The van der Waals surface area contributed by atoms with Gasteiger partial charge in [-0.1, -0.05) is 17.7 Å². The lowest BCUT2D eigenvalue weighted by Gasteiger charge is -2.09. The summed E-state index contributed by atoms with van der Waals surface area (Å²) in [7, 11) is 0. The standard InChI is InChI=1S/C13H8F4O/c1-7-2-4-8(5-3-7)18-13-11(16)9(14)6-10(15)12(13)17/h2-6H,1H3. The Morgan fingerprint density at radius 3 is 1.83 bits per heavy atom. The molecule has 0 saturated heterocycles. The van der Waals surface area contributed by atoms with Crippen molar-refractivity contribution >= 4 is 0 Å². The van der Waals surface area contributed by atoms with Crippen LogP contribution in [0, 0.1) is 30.2 Å². The molecule has 0 N–H and O–H groups in total. The molecule has 0 spiro atoms. The highest BCUT2D eigenvalue weighted by Gasteiger charge is 2.21. The summed E-state index contributed by atoms with van der Waals surface area (Å²) in [6, 6.07) is 6.29.